The van der Waals surface area contributed by atoms with E-state index in [-0.39, 0.29) is 3.23 Å². The van der Waals surface area contributed by atoms with E-state index >= 15 is 0 Å². The zero-order valence-corrected chi connectivity index (χ0v) is 12.9. The highest BCUT2D eigenvalue weighted by Gasteiger charge is 2.31. The van der Waals surface area contributed by atoms with Crippen LogP contribution >= 0.6 is 55.1 Å². The Kier molecular flexibility index (Phi) is 3.85. The monoisotopic (exact) mass is 380 g/mol. The molecule has 0 aromatic heterocycles. The van der Waals surface area contributed by atoms with Crippen molar-refractivity contribution in [3.63, 3.8) is 0 Å². The molecule has 0 bridgehead atoms. The summed E-state index contributed by atoms with van der Waals surface area (Å²) in [4.78, 5) is 0. The minimum atomic E-state index is -0.292. The van der Waals surface area contributed by atoms with E-state index in [1.807, 2.05) is 36.4 Å². The molecule has 4 heteroatoms. The second-order valence-electron chi connectivity index (χ2n) is 3.58. The SMILES string of the molecule is ClC1=CC=C(c2ccc(Cl)cc2)C(Br)(Br)C1. The fourth-order valence-electron chi connectivity index (χ4n) is 1.60. The minimum absolute atomic E-state index is 0.292. The van der Waals surface area contributed by atoms with Gasteiger partial charge in [0, 0.05) is 16.5 Å². The van der Waals surface area contributed by atoms with Crippen LogP contribution in [0.15, 0.2) is 41.4 Å². The minimum Gasteiger partial charge on any atom is -0.0891 e. The van der Waals surface area contributed by atoms with Crippen LogP contribution in [-0.2, 0) is 0 Å². The molecule has 16 heavy (non-hydrogen) atoms. The normalized spacial score (nSPS) is 19.0. The molecule has 0 N–H and O–H groups in total. The summed E-state index contributed by atoms with van der Waals surface area (Å²) >= 11 is 19.2. The molecular weight excluding hydrogens is 375 g/mol. The molecule has 1 aromatic rings. The van der Waals surface area contributed by atoms with Gasteiger partial charge in [-0.25, -0.2) is 0 Å². The molecule has 0 fully saturated rings. The predicted octanol–water partition coefficient (Wildman–Crippen LogP) is 5.74. The van der Waals surface area contributed by atoms with Crippen molar-refractivity contribution in [1.82, 2.24) is 0 Å². The molecule has 84 valence electrons. The highest BCUT2D eigenvalue weighted by Crippen LogP contribution is 2.48. The van der Waals surface area contributed by atoms with Gasteiger partial charge in [0.05, 0.1) is 0 Å². The van der Waals surface area contributed by atoms with Gasteiger partial charge in [-0.05, 0) is 29.3 Å². The Balaban J connectivity index is 2.43. The number of alkyl halides is 2. The van der Waals surface area contributed by atoms with Gasteiger partial charge in [-0.2, -0.15) is 0 Å². The lowest BCUT2D eigenvalue weighted by Crippen LogP contribution is -2.16. The van der Waals surface area contributed by atoms with E-state index in [0.29, 0.717) is 0 Å². The third-order valence-corrected chi connectivity index (χ3v) is 4.30. The first-order valence-corrected chi connectivity index (χ1v) is 7.04. The molecule has 0 aliphatic heterocycles. The van der Waals surface area contributed by atoms with E-state index in [1.165, 1.54) is 0 Å². The molecule has 0 saturated carbocycles. The Morgan fingerprint density at radius 3 is 2.19 bits per heavy atom. The standard InChI is InChI=1S/C12H8Br2Cl2/c13-12(14)7-10(16)5-6-11(12)8-1-3-9(15)4-2-8/h1-6H,7H2. The zero-order chi connectivity index (χ0) is 11.8. The molecule has 1 aliphatic rings. The molecule has 2 rings (SSSR count). The van der Waals surface area contributed by atoms with E-state index in [9.17, 15) is 0 Å². The molecule has 0 atom stereocenters. The Morgan fingerprint density at radius 1 is 1.00 bits per heavy atom. The average Bonchev–Trinajstić information content (AvgIpc) is 2.18. The second-order valence-corrected chi connectivity index (χ2v) is 8.28. The number of halogens is 4. The van der Waals surface area contributed by atoms with Crippen molar-refractivity contribution in [2.45, 2.75) is 9.65 Å². The maximum absolute atomic E-state index is 6.01. The van der Waals surface area contributed by atoms with E-state index < -0.39 is 0 Å². The van der Waals surface area contributed by atoms with Gasteiger partial charge in [-0.3, -0.25) is 0 Å². The van der Waals surface area contributed by atoms with Gasteiger partial charge in [0.25, 0.3) is 0 Å². The number of hydrogen-bond acceptors (Lipinski definition) is 0. The van der Waals surface area contributed by atoms with Crippen LogP contribution < -0.4 is 0 Å². The fraction of sp³-hybridized carbons (Fsp3) is 0.167. The molecule has 0 radical (unpaired) electrons. The number of allylic oxidation sites excluding steroid dienone is 4. The van der Waals surface area contributed by atoms with Crippen LogP contribution in [-0.4, -0.2) is 3.23 Å². The second kappa shape index (κ2) is 4.85. The molecule has 0 nitrogen and oxygen atoms in total. The van der Waals surface area contributed by atoms with Crippen molar-refractivity contribution in [3.05, 3.63) is 52.0 Å². The third kappa shape index (κ3) is 2.73. The first-order valence-electron chi connectivity index (χ1n) is 4.70. The van der Waals surface area contributed by atoms with Gasteiger partial charge in [0.15, 0.2) is 0 Å². The topological polar surface area (TPSA) is 0 Å². The summed E-state index contributed by atoms with van der Waals surface area (Å²) in [5.41, 5.74) is 2.27. The van der Waals surface area contributed by atoms with Gasteiger partial charge < -0.3 is 0 Å². The van der Waals surface area contributed by atoms with Crippen molar-refractivity contribution >= 4 is 60.6 Å². The van der Waals surface area contributed by atoms with Crippen LogP contribution in [0.5, 0.6) is 0 Å². The summed E-state index contributed by atoms with van der Waals surface area (Å²) in [6.07, 6.45) is 4.66. The van der Waals surface area contributed by atoms with Gasteiger partial charge in [0.2, 0.25) is 0 Å². The predicted molar refractivity (Wildman–Crippen MR) is 78.6 cm³/mol. The largest absolute Gasteiger partial charge is 0.111 e. The fourth-order valence-corrected chi connectivity index (χ4v) is 3.64. The van der Waals surface area contributed by atoms with Crippen molar-refractivity contribution in [3.8, 4) is 0 Å². The molecule has 1 aromatic carbocycles. The maximum Gasteiger partial charge on any atom is 0.111 e. The highest BCUT2D eigenvalue weighted by atomic mass is 79.9. The quantitative estimate of drug-likeness (QED) is 0.543. The zero-order valence-electron chi connectivity index (χ0n) is 8.18. The van der Waals surface area contributed by atoms with E-state index in [4.69, 9.17) is 23.2 Å². The average molecular weight is 383 g/mol. The van der Waals surface area contributed by atoms with E-state index in [2.05, 4.69) is 31.9 Å². The van der Waals surface area contributed by atoms with Crippen LogP contribution in [0.1, 0.15) is 12.0 Å². The first kappa shape index (κ1) is 12.7. The smallest absolute Gasteiger partial charge is 0.0891 e. The van der Waals surface area contributed by atoms with Crippen molar-refractivity contribution in [2.75, 3.05) is 0 Å². The van der Waals surface area contributed by atoms with Crippen LogP contribution in [0.2, 0.25) is 5.02 Å². The van der Waals surface area contributed by atoms with Gasteiger partial charge in [-0.15, -0.1) is 0 Å². The first-order chi connectivity index (χ1) is 7.49. The summed E-state index contributed by atoms with van der Waals surface area (Å²) in [6.45, 7) is 0. The van der Waals surface area contributed by atoms with Gasteiger partial charge in [-0.1, -0.05) is 73.3 Å². The molecule has 0 amide bonds. The Labute approximate surface area is 122 Å². The summed E-state index contributed by atoms with van der Waals surface area (Å²) in [5.74, 6) is 0. The Hall–Kier alpha value is 0.240. The van der Waals surface area contributed by atoms with Crippen LogP contribution in [0.25, 0.3) is 5.57 Å². The molecule has 0 unspecified atom stereocenters. The number of rotatable bonds is 1. The lowest BCUT2D eigenvalue weighted by molar-refractivity contribution is 1.03. The molecule has 1 aliphatic carbocycles. The van der Waals surface area contributed by atoms with Crippen molar-refractivity contribution < 1.29 is 0 Å². The summed E-state index contributed by atoms with van der Waals surface area (Å²) in [6, 6.07) is 7.76. The van der Waals surface area contributed by atoms with Gasteiger partial charge >= 0.3 is 0 Å². The van der Waals surface area contributed by atoms with E-state index in [1.54, 1.807) is 0 Å². The molecular formula is C12H8Br2Cl2. The molecule has 0 heterocycles. The Bertz CT molecular complexity index is 458. The van der Waals surface area contributed by atoms with Crippen LogP contribution in [0.3, 0.4) is 0 Å². The van der Waals surface area contributed by atoms with E-state index in [0.717, 1.165) is 27.6 Å². The number of benzene rings is 1. The summed E-state index contributed by atoms with van der Waals surface area (Å²) < 4.78 is -0.292. The van der Waals surface area contributed by atoms with Crippen LogP contribution in [0, 0.1) is 0 Å². The van der Waals surface area contributed by atoms with Crippen molar-refractivity contribution in [1.29, 1.82) is 0 Å². The number of hydrogen-bond donors (Lipinski definition) is 0. The molecule has 0 spiro atoms. The van der Waals surface area contributed by atoms with Crippen LogP contribution in [0.4, 0.5) is 0 Å². The van der Waals surface area contributed by atoms with Crippen molar-refractivity contribution in [2.24, 2.45) is 0 Å². The highest BCUT2D eigenvalue weighted by molar-refractivity contribution is 9.25. The lowest BCUT2D eigenvalue weighted by atomic mass is 9.97. The molecule has 0 saturated heterocycles. The Morgan fingerprint density at radius 2 is 1.62 bits per heavy atom. The third-order valence-electron chi connectivity index (χ3n) is 2.37. The lowest BCUT2D eigenvalue weighted by Gasteiger charge is -2.27. The summed E-state index contributed by atoms with van der Waals surface area (Å²) in [5, 5.41) is 1.56. The van der Waals surface area contributed by atoms with Gasteiger partial charge in [0.1, 0.15) is 3.23 Å². The maximum atomic E-state index is 6.01. The summed E-state index contributed by atoms with van der Waals surface area (Å²) in [7, 11) is 0.